The monoisotopic (exact) mass is 295 g/mol. The molecule has 0 saturated heterocycles. The Labute approximate surface area is 117 Å². The lowest BCUT2D eigenvalue weighted by molar-refractivity contribution is -0.100. The van der Waals surface area contributed by atoms with Gasteiger partial charge in [0.25, 0.3) is 5.89 Å². The number of benzene rings is 2. The zero-order valence-corrected chi connectivity index (χ0v) is 10.6. The van der Waals surface area contributed by atoms with E-state index in [4.69, 9.17) is 4.42 Å². The van der Waals surface area contributed by atoms with Gasteiger partial charge in [0.2, 0.25) is 0 Å². The molecule has 108 valence electrons. The van der Waals surface area contributed by atoms with Crippen LogP contribution >= 0.6 is 0 Å². The SMILES string of the molecule is Fc1ccc(C(F)C(F)(F)c2nc3ccccc3o2)cc1. The van der Waals surface area contributed by atoms with Gasteiger partial charge in [0, 0.05) is 0 Å². The van der Waals surface area contributed by atoms with Crippen LogP contribution in [0.1, 0.15) is 17.6 Å². The maximum Gasteiger partial charge on any atom is 0.356 e. The third-order valence-corrected chi connectivity index (χ3v) is 3.06. The summed E-state index contributed by atoms with van der Waals surface area (Å²) in [6.07, 6.45) is -2.67. The first kappa shape index (κ1) is 13.6. The van der Waals surface area contributed by atoms with Crippen molar-refractivity contribution in [1.29, 1.82) is 0 Å². The average molecular weight is 295 g/mol. The van der Waals surface area contributed by atoms with Gasteiger partial charge >= 0.3 is 5.92 Å². The summed E-state index contributed by atoms with van der Waals surface area (Å²) in [6.45, 7) is 0. The van der Waals surface area contributed by atoms with Gasteiger partial charge in [0.05, 0.1) is 0 Å². The molecule has 2 aromatic carbocycles. The third kappa shape index (κ3) is 2.37. The van der Waals surface area contributed by atoms with E-state index in [1.165, 1.54) is 12.1 Å². The number of hydrogen-bond donors (Lipinski definition) is 0. The van der Waals surface area contributed by atoms with Crippen LogP contribution < -0.4 is 0 Å². The molecule has 0 saturated carbocycles. The summed E-state index contributed by atoms with van der Waals surface area (Å²) < 4.78 is 60.1. The first-order chi connectivity index (χ1) is 9.98. The minimum absolute atomic E-state index is 0.151. The summed E-state index contributed by atoms with van der Waals surface area (Å²) in [5.41, 5.74) is 0.0284. The van der Waals surface area contributed by atoms with Gasteiger partial charge in [-0.25, -0.2) is 13.8 Å². The van der Waals surface area contributed by atoms with E-state index in [2.05, 4.69) is 4.98 Å². The lowest BCUT2D eigenvalue weighted by Crippen LogP contribution is -2.21. The van der Waals surface area contributed by atoms with Gasteiger partial charge in [0.1, 0.15) is 11.3 Å². The van der Waals surface area contributed by atoms with Crippen molar-refractivity contribution in [3.63, 3.8) is 0 Å². The van der Waals surface area contributed by atoms with E-state index < -0.39 is 23.8 Å². The smallest absolute Gasteiger partial charge is 0.356 e. The minimum atomic E-state index is -3.95. The van der Waals surface area contributed by atoms with Crippen molar-refractivity contribution < 1.29 is 22.0 Å². The average Bonchev–Trinajstić information content (AvgIpc) is 2.92. The first-order valence-corrected chi connectivity index (χ1v) is 6.12. The molecular weight excluding hydrogens is 286 g/mol. The molecule has 0 aliphatic rings. The zero-order chi connectivity index (χ0) is 15.0. The second kappa shape index (κ2) is 4.87. The van der Waals surface area contributed by atoms with E-state index in [1.54, 1.807) is 12.1 Å². The fourth-order valence-corrected chi connectivity index (χ4v) is 1.96. The zero-order valence-electron chi connectivity index (χ0n) is 10.6. The highest BCUT2D eigenvalue weighted by Gasteiger charge is 2.47. The summed E-state index contributed by atoms with van der Waals surface area (Å²) in [6, 6.07) is 9.94. The summed E-state index contributed by atoms with van der Waals surface area (Å²) >= 11 is 0. The quantitative estimate of drug-likeness (QED) is 0.650. The van der Waals surface area contributed by atoms with Gasteiger partial charge in [-0.3, -0.25) is 0 Å². The Hall–Kier alpha value is -2.37. The van der Waals surface area contributed by atoms with Gasteiger partial charge in [-0.15, -0.1) is 0 Å². The van der Waals surface area contributed by atoms with Crippen LogP contribution in [0.3, 0.4) is 0 Å². The molecule has 21 heavy (non-hydrogen) atoms. The number of aromatic nitrogens is 1. The molecule has 1 atom stereocenters. The van der Waals surface area contributed by atoms with Crippen molar-refractivity contribution in [1.82, 2.24) is 4.98 Å². The van der Waals surface area contributed by atoms with Crippen molar-refractivity contribution >= 4 is 11.1 Å². The molecule has 1 aromatic heterocycles. The molecule has 0 radical (unpaired) electrons. The fourth-order valence-electron chi connectivity index (χ4n) is 1.96. The molecule has 3 rings (SSSR count). The predicted octanol–water partition coefficient (Wildman–Crippen LogP) is 4.77. The highest BCUT2D eigenvalue weighted by molar-refractivity contribution is 5.72. The molecule has 0 aliphatic carbocycles. The molecule has 3 aromatic rings. The number of fused-ring (bicyclic) bond motifs is 1. The normalized spacial score (nSPS) is 13.5. The molecular formula is C15H9F4NO. The maximum absolute atomic E-state index is 14.1. The number of nitrogens with zero attached hydrogens (tertiary/aromatic N) is 1. The Morgan fingerprint density at radius 2 is 1.67 bits per heavy atom. The first-order valence-electron chi connectivity index (χ1n) is 6.12. The highest BCUT2D eigenvalue weighted by Crippen LogP contribution is 2.43. The third-order valence-electron chi connectivity index (χ3n) is 3.06. The highest BCUT2D eigenvalue weighted by atomic mass is 19.3. The van der Waals surface area contributed by atoms with Gasteiger partial charge in [0.15, 0.2) is 11.8 Å². The number of para-hydroxylation sites is 2. The van der Waals surface area contributed by atoms with Crippen LogP contribution in [-0.4, -0.2) is 4.98 Å². The van der Waals surface area contributed by atoms with E-state index in [-0.39, 0.29) is 16.7 Å². The molecule has 6 heteroatoms. The number of alkyl halides is 3. The van der Waals surface area contributed by atoms with Crippen molar-refractivity contribution in [2.24, 2.45) is 0 Å². The van der Waals surface area contributed by atoms with Crippen LogP contribution in [0.2, 0.25) is 0 Å². The van der Waals surface area contributed by atoms with Crippen LogP contribution in [0, 0.1) is 5.82 Å². The van der Waals surface area contributed by atoms with Crippen molar-refractivity contribution in [2.45, 2.75) is 12.1 Å². The second-order valence-electron chi connectivity index (χ2n) is 4.52. The van der Waals surface area contributed by atoms with E-state index in [0.29, 0.717) is 0 Å². The molecule has 0 N–H and O–H groups in total. The number of oxazole rings is 1. The Morgan fingerprint density at radius 1 is 1.00 bits per heavy atom. The van der Waals surface area contributed by atoms with Crippen LogP contribution in [0.25, 0.3) is 11.1 Å². The number of halogens is 4. The number of rotatable bonds is 3. The standard InChI is InChI=1S/C15H9F4NO/c16-10-7-5-9(6-8-10)13(17)15(18,19)14-20-11-3-1-2-4-12(11)21-14/h1-8,13H. The molecule has 1 unspecified atom stereocenters. The van der Waals surface area contributed by atoms with Gasteiger partial charge < -0.3 is 4.42 Å². The largest absolute Gasteiger partial charge is 0.435 e. The Bertz CT molecular complexity index is 734. The Kier molecular flexibility index (Phi) is 3.16. The maximum atomic E-state index is 14.1. The lowest BCUT2D eigenvalue weighted by atomic mass is 10.0. The summed E-state index contributed by atoms with van der Waals surface area (Å²) in [7, 11) is 0. The molecule has 0 fully saturated rings. The Balaban J connectivity index is 2.00. The lowest BCUT2D eigenvalue weighted by Gasteiger charge is -2.17. The van der Waals surface area contributed by atoms with E-state index in [9.17, 15) is 17.6 Å². The topological polar surface area (TPSA) is 26.0 Å². The van der Waals surface area contributed by atoms with Crippen LogP contribution in [0.5, 0.6) is 0 Å². The van der Waals surface area contributed by atoms with E-state index >= 15 is 0 Å². The molecule has 0 amide bonds. The van der Waals surface area contributed by atoms with Crippen molar-refractivity contribution in [3.05, 3.63) is 65.8 Å². The number of hydrogen-bond acceptors (Lipinski definition) is 2. The van der Waals surface area contributed by atoms with E-state index in [1.807, 2.05) is 0 Å². The second-order valence-corrected chi connectivity index (χ2v) is 4.52. The van der Waals surface area contributed by atoms with Crippen LogP contribution in [0.15, 0.2) is 52.9 Å². The van der Waals surface area contributed by atoms with E-state index in [0.717, 1.165) is 24.3 Å². The van der Waals surface area contributed by atoms with Crippen LogP contribution in [-0.2, 0) is 5.92 Å². The van der Waals surface area contributed by atoms with Gasteiger partial charge in [-0.1, -0.05) is 24.3 Å². The molecule has 2 nitrogen and oxygen atoms in total. The van der Waals surface area contributed by atoms with Crippen molar-refractivity contribution in [2.75, 3.05) is 0 Å². The summed E-state index contributed by atoms with van der Waals surface area (Å²) in [5.74, 6) is -5.58. The predicted molar refractivity (Wildman–Crippen MR) is 68.2 cm³/mol. The molecule has 0 spiro atoms. The minimum Gasteiger partial charge on any atom is -0.435 e. The molecule has 0 bridgehead atoms. The van der Waals surface area contributed by atoms with Gasteiger partial charge in [-0.2, -0.15) is 8.78 Å². The fraction of sp³-hybridized carbons (Fsp3) is 0.133. The van der Waals surface area contributed by atoms with Crippen LogP contribution in [0.4, 0.5) is 17.6 Å². The van der Waals surface area contributed by atoms with Gasteiger partial charge in [-0.05, 0) is 29.8 Å². The van der Waals surface area contributed by atoms with Crippen molar-refractivity contribution in [3.8, 4) is 0 Å². The molecule has 0 aliphatic heterocycles. The molecule has 1 heterocycles. The summed E-state index contributed by atoms with van der Waals surface area (Å²) in [4.78, 5) is 3.62. The summed E-state index contributed by atoms with van der Waals surface area (Å²) in [5, 5.41) is 0. The Morgan fingerprint density at radius 3 is 2.33 bits per heavy atom.